The molecule has 0 saturated heterocycles. The summed E-state index contributed by atoms with van der Waals surface area (Å²) < 4.78 is 0. The Hall–Kier alpha value is -3.80. The molecule has 4 N–H and O–H groups in total. The number of phenols is 2. The van der Waals surface area contributed by atoms with Crippen molar-refractivity contribution in [2.24, 2.45) is 0 Å². The molecule has 0 bridgehead atoms. The van der Waals surface area contributed by atoms with Crippen molar-refractivity contribution in [3.8, 4) is 11.5 Å². The Bertz CT molecular complexity index is 1130. The van der Waals surface area contributed by atoms with Gasteiger partial charge in [0, 0.05) is 11.4 Å². The molecule has 0 saturated carbocycles. The third-order valence-electron chi connectivity index (χ3n) is 6.49. The molecule has 0 aliphatic rings. The molecular formula is C30H36N2O4. The van der Waals surface area contributed by atoms with Gasteiger partial charge in [-0.1, -0.05) is 70.9 Å². The van der Waals surface area contributed by atoms with Crippen molar-refractivity contribution in [3.05, 3.63) is 82.9 Å². The van der Waals surface area contributed by atoms with Gasteiger partial charge in [0.25, 0.3) is 11.8 Å². The van der Waals surface area contributed by atoms with Gasteiger partial charge in [-0.15, -0.1) is 0 Å². The average Bonchev–Trinajstić information content (AvgIpc) is 2.84. The number of phenolic OH excluding ortho intramolecular Hbond substituents is 2. The minimum absolute atomic E-state index is 0.0642. The van der Waals surface area contributed by atoms with Crippen LogP contribution in [0, 0.1) is 0 Å². The Morgan fingerprint density at radius 1 is 0.694 bits per heavy atom. The van der Waals surface area contributed by atoms with E-state index in [1.165, 1.54) is 12.1 Å². The summed E-state index contributed by atoms with van der Waals surface area (Å²) in [6.45, 7) is 8.25. The molecule has 0 aliphatic carbocycles. The Morgan fingerprint density at radius 2 is 1.08 bits per heavy atom. The number of carbonyl (C=O) groups is 2. The standard InChI is InChI=1S/C30H36N2O4/c1-5-10-19(3)23-14-8-16-25(33)27(23)29(35)31-21-12-7-13-22(18-21)32-30(36)28-24(20(4)11-6-2)15-9-17-26(28)34/h7-9,12-20,33-34H,5-6,10-11H2,1-4H3,(H,31,35)(H,32,36). The van der Waals surface area contributed by atoms with Crippen LogP contribution in [0.2, 0.25) is 0 Å². The highest BCUT2D eigenvalue weighted by atomic mass is 16.3. The third-order valence-corrected chi connectivity index (χ3v) is 6.49. The van der Waals surface area contributed by atoms with E-state index in [1.54, 1.807) is 36.4 Å². The number of nitrogens with one attached hydrogen (secondary N) is 2. The molecule has 0 radical (unpaired) electrons. The third kappa shape index (κ3) is 6.25. The van der Waals surface area contributed by atoms with Crippen LogP contribution in [0.25, 0.3) is 0 Å². The van der Waals surface area contributed by atoms with Crippen molar-refractivity contribution < 1.29 is 19.8 Å². The number of anilines is 2. The van der Waals surface area contributed by atoms with Crippen LogP contribution in [0.4, 0.5) is 11.4 Å². The molecule has 2 atom stereocenters. The Kier molecular flexibility index (Phi) is 9.12. The zero-order chi connectivity index (χ0) is 26.2. The van der Waals surface area contributed by atoms with Crippen LogP contribution in [0.3, 0.4) is 0 Å². The van der Waals surface area contributed by atoms with Gasteiger partial charge in [0.1, 0.15) is 11.5 Å². The maximum atomic E-state index is 13.2. The van der Waals surface area contributed by atoms with E-state index in [1.807, 2.05) is 26.0 Å². The first-order chi connectivity index (χ1) is 17.3. The largest absolute Gasteiger partial charge is 0.507 e. The quantitative estimate of drug-likeness (QED) is 0.239. The molecule has 0 fully saturated rings. The number of amides is 2. The summed E-state index contributed by atoms with van der Waals surface area (Å²) in [4.78, 5) is 26.3. The summed E-state index contributed by atoms with van der Waals surface area (Å²) in [7, 11) is 0. The number of carbonyl (C=O) groups excluding carboxylic acids is 2. The van der Waals surface area contributed by atoms with Crippen LogP contribution in [-0.4, -0.2) is 22.0 Å². The highest BCUT2D eigenvalue weighted by Crippen LogP contribution is 2.32. The van der Waals surface area contributed by atoms with E-state index in [4.69, 9.17) is 0 Å². The van der Waals surface area contributed by atoms with E-state index in [2.05, 4.69) is 24.5 Å². The molecule has 2 unspecified atom stereocenters. The van der Waals surface area contributed by atoms with Gasteiger partial charge in [0.2, 0.25) is 0 Å². The number of rotatable bonds is 10. The molecule has 3 aromatic rings. The van der Waals surface area contributed by atoms with E-state index >= 15 is 0 Å². The lowest BCUT2D eigenvalue weighted by Crippen LogP contribution is -2.17. The molecule has 2 amide bonds. The predicted octanol–water partition coefficient (Wildman–Crippen LogP) is 7.41. The monoisotopic (exact) mass is 488 g/mol. The van der Waals surface area contributed by atoms with E-state index < -0.39 is 11.8 Å². The lowest BCUT2D eigenvalue weighted by Gasteiger charge is -2.18. The SMILES string of the molecule is CCCC(C)c1cccc(O)c1C(=O)Nc1cccc(NC(=O)c2c(O)cccc2C(C)CCC)c1. The van der Waals surface area contributed by atoms with Gasteiger partial charge in [-0.05, 0) is 66.1 Å². The Labute approximate surface area is 213 Å². The highest BCUT2D eigenvalue weighted by Gasteiger charge is 2.22. The van der Waals surface area contributed by atoms with E-state index in [9.17, 15) is 19.8 Å². The van der Waals surface area contributed by atoms with Gasteiger partial charge < -0.3 is 20.8 Å². The fourth-order valence-corrected chi connectivity index (χ4v) is 4.67. The van der Waals surface area contributed by atoms with Crippen molar-refractivity contribution in [3.63, 3.8) is 0 Å². The maximum absolute atomic E-state index is 13.2. The zero-order valence-electron chi connectivity index (χ0n) is 21.5. The van der Waals surface area contributed by atoms with E-state index in [0.29, 0.717) is 11.4 Å². The molecule has 36 heavy (non-hydrogen) atoms. The predicted molar refractivity (Wildman–Crippen MR) is 145 cm³/mol. The summed E-state index contributed by atoms with van der Waals surface area (Å²) in [5.41, 5.74) is 3.08. The maximum Gasteiger partial charge on any atom is 0.259 e. The van der Waals surface area contributed by atoms with Gasteiger partial charge in [-0.25, -0.2) is 0 Å². The first-order valence-corrected chi connectivity index (χ1v) is 12.6. The molecule has 190 valence electrons. The Balaban J connectivity index is 1.83. The molecule has 0 aliphatic heterocycles. The second-order valence-electron chi connectivity index (χ2n) is 9.35. The smallest absolute Gasteiger partial charge is 0.259 e. The van der Waals surface area contributed by atoms with Crippen molar-refractivity contribution >= 4 is 23.2 Å². The van der Waals surface area contributed by atoms with Crippen molar-refractivity contribution in [1.29, 1.82) is 0 Å². The lowest BCUT2D eigenvalue weighted by atomic mass is 9.91. The van der Waals surface area contributed by atoms with Gasteiger partial charge in [-0.2, -0.15) is 0 Å². The van der Waals surface area contributed by atoms with E-state index in [-0.39, 0.29) is 34.5 Å². The lowest BCUT2D eigenvalue weighted by molar-refractivity contribution is 0.101. The fraction of sp³-hybridized carbons (Fsp3) is 0.333. The molecular weight excluding hydrogens is 452 g/mol. The van der Waals surface area contributed by atoms with Gasteiger partial charge >= 0.3 is 0 Å². The molecule has 0 aromatic heterocycles. The van der Waals surface area contributed by atoms with Gasteiger partial charge in [-0.3, -0.25) is 9.59 Å². The second kappa shape index (κ2) is 12.2. The van der Waals surface area contributed by atoms with Crippen molar-refractivity contribution in [2.45, 2.75) is 65.2 Å². The van der Waals surface area contributed by atoms with Crippen LogP contribution >= 0.6 is 0 Å². The Morgan fingerprint density at radius 3 is 1.47 bits per heavy atom. The summed E-state index contributed by atoms with van der Waals surface area (Å²) in [5, 5.41) is 26.6. The summed E-state index contributed by atoms with van der Waals surface area (Å²) in [5.74, 6) is -0.708. The number of aromatic hydroxyl groups is 2. The van der Waals surface area contributed by atoms with Crippen LogP contribution < -0.4 is 10.6 Å². The second-order valence-corrected chi connectivity index (χ2v) is 9.35. The molecule has 0 spiro atoms. The van der Waals surface area contributed by atoms with Crippen LogP contribution in [0.5, 0.6) is 11.5 Å². The molecule has 0 heterocycles. The summed E-state index contributed by atoms with van der Waals surface area (Å²) in [6, 6.07) is 17.1. The van der Waals surface area contributed by atoms with E-state index in [0.717, 1.165) is 36.8 Å². The highest BCUT2D eigenvalue weighted by molar-refractivity contribution is 6.09. The fourth-order valence-electron chi connectivity index (χ4n) is 4.67. The minimum atomic E-state index is -0.411. The van der Waals surface area contributed by atoms with Gasteiger partial charge in [0.15, 0.2) is 0 Å². The number of hydrogen-bond donors (Lipinski definition) is 4. The number of hydrogen-bond acceptors (Lipinski definition) is 4. The molecule has 6 heteroatoms. The molecule has 6 nitrogen and oxygen atoms in total. The first kappa shape index (κ1) is 26.8. The van der Waals surface area contributed by atoms with Crippen molar-refractivity contribution in [1.82, 2.24) is 0 Å². The first-order valence-electron chi connectivity index (χ1n) is 12.6. The topological polar surface area (TPSA) is 98.7 Å². The zero-order valence-corrected chi connectivity index (χ0v) is 21.5. The number of benzene rings is 3. The van der Waals surface area contributed by atoms with Crippen LogP contribution in [-0.2, 0) is 0 Å². The summed E-state index contributed by atoms with van der Waals surface area (Å²) >= 11 is 0. The van der Waals surface area contributed by atoms with Crippen LogP contribution in [0.1, 0.15) is 97.1 Å². The van der Waals surface area contributed by atoms with Crippen LogP contribution in [0.15, 0.2) is 60.7 Å². The van der Waals surface area contributed by atoms with Gasteiger partial charge in [0.05, 0.1) is 11.1 Å². The average molecular weight is 489 g/mol. The molecule has 3 rings (SSSR count). The van der Waals surface area contributed by atoms with Crippen molar-refractivity contribution in [2.75, 3.05) is 10.6 Å². The minimum Gasteiger partial charge on any atom is -0.507 e. The summed E-state index contributed by atoms with van der Waals surface area (Å²) in [6.07, 6.45) is 3.73. The normalized spacial score (nSPS) is 12.6. The molecule has 3 aromatic carbocycles.